The molecule has 1 saturated carbocycles. The molecule has 86 valence electrons. The van der Waals surface area contributed by atoms with Gasteiger partial charge in [-0.25, -0.2) is 0 Å². The summed E-state index contributed by atoms with van der Waals surface area (Å²) in [5, 5.41) is 3.10. The number of carbonyl (C=O) groups is 1. The summed E-state index contributed by atoms with van der Waals surface area (Å²) in [4.78, 5) is 12.4. The monoisotopic (exact) mass is 275 g/mol. The Bertz CT molecular complexity index is 251. The molecule has 1 aliphatic heterocycles. The molecule has 3 nitrogen and oxygen atoms in total. The molecule has 2 atom stereocenters. The number of alkyl halides is 1. The number of halogens is 1. The largest absolute Gasteiger partial charge is 0.378 e. The second-order valence-electron chi connectivity index (χ2n) is 4.90. The van der Waals surface area contributed by atoms with Gasteiger partial charge < -0.3 is 10.1 Å². The van der Waals surface area contributed by atoms with Crippen LogP contribution in [0.3, 0.4) is 0 Å². The quantitative estimate of drug-likeness (QED) is 0.782. The van der Waals surface area contributed by atoms with E-state index in [1.807, 2.05) is 0 Å². The minimum atomic E-state index is -0.130. The first-order valence-corrected chi connectivity index (χ1v) is 6.56. The maximum Gasteiger partial charge on any atom is 0.226 e. The zero-order valence-corrected chi connectivity index (χ0v) is 10.7. The first kappa shape index (κ1) is 11.4. The fourth-order valence-corrected chi connectivity index (χ4v) is 2.86. The van der Waals surface area contributed by atoms with E-state index in [-0.39, 0.29) is 22.2 Å². The number of ether oxygens (including phenoxy) is 1. The van der Waals surface area contributed by atoms with Crippen molar-refractivity contribution in [1.82, 2.24) is 5.32 Å². The van der Waals surface area contributed by atoms with E-state index in [9.17, 15) is 4.79 Å². The maximum atomic E-state index is 12.1. The Kier molecular flexibility index (Phi) is 3.36. The van der Waals surface area contributed by atoms with Crippen LogP contribution >= 0.6 is 15.9 Å². The molecule has 1 heterocycles. The molecule has 2 fully saturated rings. The predicted octanol–water partition coefficient (Wildman–Crippen LogP) is 1.85. The number of hydrogen-bond acceptors (Lipinski definition) is 2. The average Bonchev–Trinajstić information content (AvgIpc) is 2.78. The van der Waals surface area contributed by atoms with E-state index in [4.69, 9.17) is 4.74 Å². The summed E-state index contributed by atoms with van der Waals surface area (Å²) >= 11 is 3.52. The van der Waals surface area contributed by atoms with Gasteiger partial charge in [-0.3, -0.25) is 4.79 Å². The number of carbonyl (C=O) groups excluding carboxylic acids is 1. The number of amides is 1. The third-order valence-electron chi connectivity index (χ3n) is 3.58. The summed E-state index contributed by atoms with van der Waals surface area (Å²) in [7, 11) is 0. The van der Waals surface area contributed by atoms with Gasteiger partial charge in [0.25, 0.3) is 0 Å². The first-order chi connectivity index (χ1) is 7.12. The molecule has 1 amide bonds. The lowest BCUT2D eigenvalue weighted by molar-refractivity contribution is -0.130. The van der Waals surface area contributed by atoms with Crippen LogP contribution in [-0.4, -0.2) is 30.0 Å². The van der Waals surface area contributed by atoms with Gasteiger partial charge in [-0.15, -0.1) is 0 Å². The summed E-state index contributed by atoms with van der Waals surface area (Å²) in [6, 6.07) is 0.148. The van der Waals surface area contributed by atoms with E-state index in [2.05, 4.69) is 28.2 Å². The molecule has 0 spiro atoms. The molecule has 0 aromatic heterocycles. The van der Waals surface area contributed by atoms with Crippen molar-refractivity contribution in [1.29, 1.82) is 0 Å². The summed E-state index contributed by atoms with van der Waals surface area (Å²) < 4.78 is 5.30. The lowest BCUT2D eigenvalue weighted by Crippen LogP contribution is -2.46. The fourth-order valence-electron chi connectivity index (χ4n) is 2.39. The van der Waals surface area contributed by atoms with Crippen molar-refractivity contribution in [2.45, 2.75) is 43.5 Å². The Morgan fingerprint density at radius 2 is 2.07 bits per heavy atom. The highest BCUT2D eigenvalue weighted by molar-refractivity contribution is 9.09. The Hall–Kier alpha value is -0.0900. The van der Waals surface area contributed by atoms with Gasteiger partial charge in [0.1, 0.15) is 0 Å². The molecule has 1 aliphatic carbocycles. The summed E-state index contributed by atoms with van der Waals surface area (Å²) in [5.74, 6) is 0.208. The Balaban J connectivity index is 1.91. The molecule has 0 radical (unpaired) electrons. The van der Waals surface area contributed by atoms with Crippen LogP contribution in [-0.2, 0) is 9.53 Å². The van der Waals surface area contributed by atoms with E-state index >= 15 is 0 Å². The number of nitrogens with one attached hydrogen (secondary N) is 1. The summed E-state index contributed by atoms with van der Waals surface area (Å²) in [6.07, 6.45) is 4.42. The van der Waals surface area contributed by atoms with E-state index in [0.717, 1.165) is 12.8 Å². The molecule has 1 saturated heterocycles. The van der Waals surface area contributed by atoms with Gasteiger partial charge >= 0.3 is 0 Å². The summed E-state index contributed by atoms with van der Waals surface area (Å²) in [6.45, 7) is 3.41. The lowest BCUT2D eigenvalue weighted by Gasteiger charge is -2.25. The van der Waals surface area contributed by atoms with Crippen LogP contribution in [0.2, 0.25) is 0 Å². The van der Waals surface area contributed by atoms with Crippen LogP contribution in [0.4, 0.5) is 0 Å². The van der Waals surface area contributed by atoms with Crippen LogP contribution in [0, 0.1) is 5.41 Å². The minimum absolute atomic E-state index is 0.130. The molecule has 2 rings (SSSR count). The molecule has 1 N–H and O–H groups in total. The zero-order valence-electron chi connectivity index (χ0n) is 9.09. The van der Waals surface area contributed by atoms with Crippen molar-refractivity contribution < 1.29 is 9.53 Å². The molecule has 0 bridgehead atoms. The molecule has 4 heteroatoms. The van der Waals surface area contributed by atoms with Crippen molar-refractivity contribution >= 4 is 21.8 Å². The maximum absolute atomic E-state index is 12.1. The Morgan fingerprint density at radius 3 is 2.60 bits per heavy atom. The third-order valence-corrected chi connectivity index (χ3v) is 4.49. The van der Waals surface area contributed by atoms with Crippen LogP contribution in [0.1, 0.15) is 32.6 Å². The van der Waals surface area contributed by atoms with Crippen molar-refractivity contribution in [3.8, 4) is 0 Å². The second-order valence-corrected chi connectivity index (χ2v) is 6.08. The van der Waals surface area contributed by atoms with Crippen molar-refractivity contribution in [3.63, 3.8) is 0 Å². The molecule has 2 aliphatic rings. The normalized spacial score (nSPS) is 34.3. The molecular weight excluding hydrogens is 258 g/mol. The van der Waals surface area contributed by atoms with Crippen LogP contribution in [0.5, 0.6) is 0 Å². The van der Waals surface area contributed by atoms with E-state index < -0.39 is 0 Å². The van der Waals surface area contributed by atoms with Crippen LogP contribution in [0.15, 0.2) is 0 Å². The highest BCUT2D eigenvalue weighted by Crippen LogP contribution is 2.37. The topological polar surface area (TPSA) is 38.3 Å². The smallest absolute Gasteiger partial charge is 0.226 e. The predicted molar refractivity (Wildman–Crippen MR) is 62.0 cm³/mol. The zero-order chi connectivity index (χ0) is 10.9. The van der Waals surface area contributed by atoms with Crippen LogP contribution in [0.25, 0.3) is 0 Å². The second kappa shape index (κ2) is 4.42. The third kappa shape index (κ3) is 2.36. The standard InChI is InChI=1S/C11H18BrNO2/c1-11(4-2-3-5-11)10(14)13-9-7-15-6-8(9)12/h8-9H,2-7H2,1H3,(H,13,14). The average molecular weight is 276 g/mol. The van der Waals surface area contributed by atoms with Crippen LogP contribution < -0.4 is 5.32 Å². The fraction of sp³-hybridized carbons (Fsp3) is 0.909. The van der Waals surface area contributed by atoms with Gasteiger partial charge in [0.2, 0.25) is 5.91 Å². The van der Waals surface area contributed by atoms with Gasteiger partial charge in [-0.05, 0) is 12.8 Å². The summed E-state index contributed by atoms with van der Waals surface area (Å²) in [5.41, 5.74) is -0.130. The van der Waals surface area contributed by atoms with Crippen molar-refractivity contribution in [2.75, 3.05) is 13.2 Å². The highest BCUT2D eigenvalue weighted by Gasteiger charge is 2.38. The van der Waals surface area contributed by atoms with Crippen molar-refractivity contribution in [2.24, 2.45) is 5.41 Å². The van der Waals surface area contributed by atoms with E-state index in [1.54, 1.807) is 0 Å². The van der Waals surface area contributed by atoms with Gasteiger partial charge in [-0.1, -0.05) is 35.7 Å². The van der Waals surface area contributed by atoms with Gasteiger partial charge in [-0.2, -0.15) is 0 Å². The molecule has 15 heavy (non-hydrogen) atoms. The Labute approximate surface area is 99.1 Å². The van der Waals surface area contributed by atoms with Gasteiger partial charge in [0, 0.05) is 5.41 Å². The van der Waals surface area contributed by atoms with E-state index in [0.29, 0.717) is 13.2 Å². The molecular formula is C11H18BrNO2. The number of hydrogen-bond donors (Lipinski definition) is 1. The first-order valence-electron chi connectivity index (χ1n) is 5.65. The van der Waals surface area contributed by atoms with Crippen molar-refractivity contribution in [3.05, 3.63) is 0 Å². The minimum Gasteiger partial charge on any atom is -0.378 e. The Morgan fingerprint density at radius 1 is 1.40 bits per heavy atom. The SMILES string of the molecule is CC1(C(=O)NC2COCC2Br)CCCC1. The van der Waals surface area contributed by atoms with Gasteiger partial charge in [0.15, 0.2) is 0 Å². The molecule has 2 unspecified atom stereocenters. The van der Waals surface area contributed by atoms with Gasteiger partial charge in [0.05, 0.1) is 24.1 Å². The molecule has 0 aromatic rings. The highest BCUT2D eigenvalue weighted by atomic mass is 79.9. The number of rotatable bonds is 2. The lowest BCUT2D eigenvalue weighted by atomic mass is 9.87. The van der Waals surface area contributed by atoms with E-state index in [1.165, 1.54) is 12.8 Å². The molecule has 0 aromatic carbocycles.